The fourth-order valence-corrected chi connectivity index (χ4v) is 5.82. The van der Waals surface area contributed by atoms with Gasteiger partial charge in [-0.1, -0.05) is 72.8 Å². The molecule has 228 valence electrons. The predicted octanol–water partition coefficient (Wildman–Crippen LogP) is 4.97. The monoisotopic (exact) mass is 603 g/mol. The van der Waals surface area contributed by atoms with Gasteiger partial charge in [0.05, 0.1) is 12.2 Å². The van der Waals surface area contributed by atoms with Crippen LogP contribution in [0.4, 0.5) is 5.69 Å². The molecule has 0 saturated carbocycles. The van der Waals surface area contributed by atoms with E-state index in [1.807, 2.05) is 72.2 Å². The van der Waals surface area contributed by atoms with E-state index in [2.05, 4.69) is 20.8 Å². The molecule has 10 nitrogen and oxygen atoms in total. The van der Waals surface area contributed by atoms with Crippen LogP contribution in [0.2, 0.25) is 0 Å². The molecule has 45 heavy (non-hydrogen) atoms. The number of carboxylic acid groups (broad SMARTS) is 1. The van der Waals surface area contributed by atoms with Gasteiger partial charge in [-0.05, 0) is 53.4 Å². The zero-order valence-electron chi connectivity index (χ0n) is 24.8. The standard InChI is InChI=1S/C35H33N5O5/c1-2-45-29-18-14-24-10-6-7-11-26(24)32(29)34(42)36-25-15-12-23(13-16-25)20-27(35(43)44)37-33(41)28-17-19-30-38-39-31(40(28)30)21-22-8-4-3-5-9-22/h3-16,18,27-28H,2,17,19-21H2,1H3,(H,36,42)(H,37,41)(H,43,44). The number of carbonyl (C=O) groups is 3. The van der Waals surface area contributed by atoms with Gasteiger partial charge >= 0.3 is 5.97 Å². The van der Waals surface area contributed by atoms with Gasteiger partial charge in [0, 0.05) is 24.9 Å². The summed E-state index contributed by atoms with van der Waals surface area (Å²) in [5, 5.41) is 25.9. The molecule has 0 radical (unpaired) electrons. The quantitative estimate of drug-likeness (QED) is 0.194. The van der Waals surface area contributed by atoms with Crippen molar-refractivity contribution in [2.24, 2.45) is 0 Å². The molecule has 1 aromatic heterocycles. The van der Waals surface area contributed by atoms with Gasteiger partial charge in [0.1, 0.15) is 29.5 Å². The number of amides is 2. The zero-order valence-corrected chi connectivity index (χ0v) is 24.8. The van der Waals surface area contributed by atoms with Gasteiger partial charge in [-0.15, -0.1) is 10.2 Å². The van der Waals surface area contributed by atoms with Crippen molar-refractivity contribution in [1.82, 2.24) is 20.1 Å². The normalized spacial score (nSPS) is 14.5. The van der Waals surface area contributed by atoms with Gasteiger partial charge in [0.2, 0.25) is 5.91 Å². The molecule has 1 aliphatic rings. The van der Waals surface area contributed by atoms with Crippen LogP contribution in [0.3, 0.4) is 0 Å². The minimum absolute atomic E-state index is 0.0751. The summed E-state index contributed by atoms with van der Waals surface area (Å²) in [6.45, 7) is 2.29. The highest BCUT2D eigenvalue weighted by atomic mass is 16.5. The van der Waals surface area contributed by atoms with Crippen LogP contribution in [0.25, 0.3) is 10.8 Å². The summed E-state index contributed by atoms with van der Waals surface area (Å²) in [4.78, 5) is 39.0. The molecule has 0 bridgehead atoms. The van der Waals surface area contributed by atoms with Crippen LogP contribution in [0.15, 0.2) is 91.0 Å². The van der Waals surface area contributed by atoms with E-state index < -0.39 is 18.1 Å². The minimum Gasteiger partial charge on any atom is -0.493 e. The molecule has 2 unspecified atom stereocenters. The maximum absolute atomic E-state index is 13.4. The van der Waals surface area contributed by atoms with Crippen molar-refractivity contribution >= 4 is 34.2 Å². The number of rotatable bonds is 11. The highest BCUT2D eigenvalue weighted by molar-refractivity contribution is 6.15. The number of aryl methyl sites for hydroxylation is 1. The van der Waals surface area contributed by atoms with Gasteiger partial charge in [0.25, 0.3) is 5.91 Å². The van der Waals surface area contributed by atoms with Crippen LogP contribution < -0.4 is 15.4 Å². The third-order valence-electron chi connectivity index (χ3n) is 7.98. The van der Waals surface area contributed by atoms with E-state index in [0.29, 0.717) is 54.3 Å². The second-order valence-electron chi connectivity index (χ2n) is 11.0. The first kappa shape index (κ1) is 29.6. The Kier molecular flexibility index (Phi) is 8.54. The molecule has 4 aromatic carbocycles. The summed E-state index contributed by atoms with van der Waals surface area (Å²) >= 11 is 0. The summed E-state index contributed by atoms with van der Waals surface area (Å²) in [6, 6.07) is 26.4. The van der Waals surface area contributed by atoms with Crippen molar-refractivity contribution in [3.8, 4) is 5.75 Å². The lowest BCUT2D eigenvalue weighted by molar-refractivity contribution is -0.142. The molecular formula is C35H33N5O5. The van der Waals surface area contributed by atoms with E-state index in [0.717, 1.165) is 22.2 Å². The Bertz CT molecular complexity index is 1850. The van der Waals surface area contributed by atoms with E-state index in [9.17, 15) is 19.5 Å². The average molecular weight is 604 g/mol. The second-order valence-corrected chi connectivity index (χ2v) is 11.0. The van der Waals surface area contributed by atoms with Gasteiger partial charge < -0.3 is 25.0 Å². The third-order valence-corrected chi connectivity index (χ3v) is 7.98. The number of hydrogen-bond acceptors (Lipinski definition) is 6. The van der Waals surface area contributed by atoms with Crippen molar-refractivity contribution in [2.45, 2.75) is 44.7 Å². The number of aromatic nitrogens is 3. The predicted molar refractivity (Wildman–Crippen MR) is 169 cm³/mol. The Morgan fingerprint density at radius 3 is 2.44 bits per heavy atom. The van der Waals surface area contributed by atoms with Crippen molar-refractivity contribution < 1.29 is 24.2 Å². The number of benzene rings is 4. The number of aliphatic carboxylic acids is 1. The molecule has 2 atom stereocenters. The molecule has 0 fully saturated rings. The number of carboxylic acids is 1. The maximum Gasteiger partial charge on any atom is 0.326 e. The van der Waals surface area contributed by atoms with Crippen LogP contribution in [0.1, 0.15) is 52.5 Å². The molecular weight excluding hydrogens is 570 g/mol. The van der Waals surface area contributed by atoms with Gasteiger partial charge in [-0.2, -0.15) is 0 Å². The Morgan fingerprint density at radius 1 is 0.933 bits per heavy atom. The summed E-state index contributed by atoms with van der Waals surface area (Å²) in [5.74, 6) is 0.0808. The first-order valence-corrected chi connectivity index (χ1v) is 15.0. The summed E-state index contributed by atoms with van der Waals surface area (Å²) < 4.78 is 7.59. The molecule has 2 amide bonds. The molecule has 2 heterocycles. The van der Waals surface area contributed by atoms with Crippen molar-refractivity contribution in [3.05, 3.63) is 119 Å². The number of hydrogen-bond donors (Lipinski definition) is 3. The molecule has 0 aliphatic carbocycles. The third kappa shape index (κ3) is 6.40. The topological polar surface area (TPSA) is 135 Å². The smallest absolute Gasteiger partial charge is 0.326 e. The fourth-order valence-electron chi connectivity index (χ4n) is 5.82. The first-order valence-electron chi connectivity index (χ1n) is 15.0. The fraction of sp³-hybridized carbons (Fsp3) is 0.229. The van der Waals surface area contributed by atoms with Crippen molar-refractivity contribution in [3.63, 3.8) is 0 Å². The van der Waals surface area contributed by atoms with E-state index in [1.54, 1.807) is 30.3 Å². The lowest BCUT2D eigenvalue weighted by Gasteiger charge is -2.20. The summed E-state index contributed by atoms with van der Waals surface area (Å²) in [7, 11) is 0. The largest absolute Gasteiger partial charge is 0.493 e. The molecule has 10 heteroatoms. The van der Waals surface area contributed by atoms with E-state index in [1.165, 1.54) is 0 Å². The lowest BCUT2D eigenvalue weighted by atomic mass is 10.0. The molecule has 5 aromatic rings. The Balaban J connectivity index is 1.13. The summed E-state index contributed by atoms with van der Waals surface area (Å²) in [6.07, 6.45) is 1.72. The van der Waals surface area contributed by atoms with E-state index >= 15 is 0 Å². The maximum atomic E-state index is 13.4. The van der Waals surface area contributed by atoms with E-state index in [4.69, 9.17) is 4.74 Å². The number of nitrogens with zero attached hydrogens (tertiary/aromatic N) is 3. The average Bonchev–Trinajstić information content (AvgIpc) is 3.65. The van der Waals surface area contributed by atoms with E-state index in [-0.39, 0.29) is 18.2 Å². The second kappa shape index (κ2) is 13.0. The number of ether oxygens (including phenoxy) is 1. The molecule has 0 spiro atoms. The molecule has 1 aliphatic heterocycles. The van der Waals surface area contributed by atoms with Crippen LogP contribution in [0.5, 0.6) is 5.75 Å². The van der Waals surface area contributed by atoms with Crippen LogP contribution in [-0.4, -0.2) is 50.3 Å². The first-order chi connectivity index (χ1) is 21.9. The Morgan fingerprint density at radius 2 is 1.69 bits per heavy atom. The van der Waals surface area contributed by atoms with Crippen molar-refractivity contribution in [2.75, 3.05) is 11.9 Å². The summed E-state index contributed by atoms with van der Waals surface area (Å²) in [5.41, 5.74) is 2.74. The zero-order chi connectivity index (χ0) is 31.3. The van der Waals surface area contributed by atoms with Gasteiger partial charge in [-0.3, -0.25) is 9.59 Å². The Labute approximate surface area is 260 Å². The SMILES string of the molecule is CCOc1ccc2ccccc2c1C(=O)Nc1ccc(CC(NC(=O)C2CCc3nnc(Cc4ccccc4)n32)C(=O)O)cc1. The Hall–Kier alpha value is -5.51. The highest BCUT2D eigenvalue weighted by Crippen LogP contribution is 2.30. The van der Waals surface area contributed by atoms with Crippen LogP contribution in [0, 0.1) is 0 Å². The molecule has 6 rings (SSSR count). The number of anilines is 1. The van der Waals surface area contributed by atoms with Crippen molar-refractivity contribution in [1.29, 1.82) is 0 Å². The number of nitrogens with one attached hydrogen (secondary N) is 2. The lowest BCUT2D eigenvalue weighted by Crippen LogP contribution is -2.45. The van der Waals surface area contributed by atoms with Gasteiger partial charge in [-0.25, -0.2) is 4.79 Å². The molecule has 3 N–H and O–H groups in total. The molecule has 0 saturated heterocycles. The minimum atomic E-state index is -1.14. The number of carbonyl (C=O) groups excluding carboxylic acids is 2. The highest BCUT2D eigenvalue weighted by Gasteiger charge is 2.34. The van der Waals surface area contributed by atoms with Crippen LogP contribution in [-0.2, 0) is 28.9 Å². The van der Waals surface area contributed by atoms with Gasteiger partial charge in [0.15, 0.2) is 0 Å². The van der Waals surface area contributed by atoms with Crippen LogP contribution >= 0.6 is 0 Å². The number of fused-ring (bicyclic) bond motifs is 2.